The monoisotopic (exact) mass is 454 g/mol. The predicted octanol–water partition coefficient (Wildman–Crippen LogP) is 6.52. The van der Waals surface area contributed by atoms with Crippen LogP contribution in [0.2, 0.25) is 0 Å². The normalized spacial score (nSPS) is 22.5. The van der Waals surface area contributed by atoms with E-state index in [0.717, 1.165) is 22.3 Å². The number of ether oxygens (including phenoxy) is 4. The quantitative estimate of drug-likeness (QED) is 0.304. The van der Waals surface area contributed by atoms with Gasteiger partial charge in [-0.2, -0.15) is 0 Å². The Hall–Kier alpha value is -3.18. The van der Waals surface area contributed by atoms with E-state index in [1.54, 1.807) is 0 Å². The van der Waals surface area contributed by atoms with Gasteiger partial charge in [0.15, 0.2) is 0 Å². The minimum Gasteiger partial charge on any atom is -0.465 e. The summed E-state index contributed by atoms with van der Waals surface area (Å²) < 4.78 is 25.3. The number of hydrogen-bond acceptors (Lipinski definition) is 4. The summed E-state index contributed by atoms with van der Waals surface area (Å²) in [5, 5.41) is 2.33. The summed E-state index contributed by atoms with van der Waals surface area (Å²) in [5.41, 5.74) is 2.27. The third-order valence-corrected chi connectivity index (χ3v) is 6.20. The van der Waals surface area contributed by atoms with Gasteiger partial charge in [0.05, 0.1) is 25.4 Å². The lowest BCUT2D eigenvalue weighted by atomic mass is 10.0. The molecule has 1 aliphatic heterocycles. The number of fused-ring (bicyclic) bond motifs is 1. The van der Waals surface area contributed by atoms with Gasteiger partial charge >= 0.3 is 0 Å². The highest BCUT2D eigenvalue weighted by Gasteiger charge is 2.39. The van der Waals surface area contributed by atoms with E-state index >= 15 is 0 Å². The molecule has 0 spiro atoms. The van der Waals surface area contributed by atoms with E-state index in [9.17, 15) is 0 Å². The van der Waals surface area contributed by atoms with Crippen LogP contribution < -0.4 is 4.74 Å². The zero-order chi connectivity index (χ0) is 23.2. The molecular weight excluding hydrogens is 424 g/mol. The van der Waals surface area contributed by atoms with Crippen molar-refractivity contribution in [3.05, 3.63) is 114 Å². The molecule has 1 heterocycles. The molecule has 0 saturated carbocycles. The maximum Gasteiger partial charge on any atom is 0.202 e. The fourth-order valence-corrected chi connectivity index (χ4v) is 4.42. The first-order valence-corrected chi connectivity index (χ1v) is 11.9. The number of hydrogen-bond donors (Lipinski definition) is 0. The Kier molecular flexibility index (Phi) is 7.20. The molecule has 4 aromatic rings. The predicted molar refractivity (Wildman–Crippen MR) is 134 cm³/mol. The molecular formula is C30H30O4. The van der Waals surface area contributed by atoms with Crippen molar-refractivity contribution in [3.63, 3.8) is 0 Å². The molecule has 1 saturated heterocycles. The smallest absolute Gasteiger partial charge is 0.202 e. The van der Waals surface area contributed by atoms with Crippen molar-refractivity contribution < 1.29 is 18.9 Å². The average molecular weight is 455 g/mol. The minimum atomic E-state index is -0.409. The molecule has 34 heavy (non-hydrogen) atoms. The first-order chi connectivity index (χ1) is 16.7. The topological polar surface area (TPSA) is 36.9 Å². The molecule has 4 aromatic carbocycles. The fraction of sp³-hybridized carbons (Fsp3) is 0.267. The fourth-order valence-electron chi connectivity index (χ4n) is 4.42. The summed E-state index contributed by atoms with van der Waals surface area (Å²) >= 11 is 0. The third kappa shape index (κ3) is 5.65. The van der Waals surface area contributed by atoms with Crippen LogP contribution in [0.1, 0.15) is 24.5 Å². The summed E-state index contributed by atoms with van der Waals surface area (Å²) in [5.74, 6) is 0.793. The molecule has 0 aromatic heterocycles. The van der Waals surface area contributed by atoms with Crippen molar-refractivity contribution in [2.24, 2.45) is 0 Å². The SMILES string of the molecule is C[C@@H]1O[C@H](Oc2ccc3ccccc3c2)C[C@H](OCc2ccccc2)[C@H]1OCc1ccccc1. The molecule has 0 aliphatic carbocycles. The van der Waals surface area contributed by atoms with Crippen LogP contribution in [0.4, 0.5) is 0 Å². The Morgan fingerprint density at radius 3 is 2.03 bits per heavy atom. The standard InChI is InChI=1S/C30H30O4/c1-22-30(32-21-24-12-6-3-7-13-24)28(31-20-23-10-4-2-5-11-23)19-29(33-22)34-27-17-16-25-14-8-9-15-26(25)18-27/h2-18,22,28-30H,19-21H2,1H3/t22-,28-,29+,30-/m0/s1. The van der Waals surface area contributed by atoms with Crippen molar-refractivity contribution in [2.75, 3.05) is 0 Å². The van der Waals surface area contributed by atoms with Crippen molar-refractivity contribution in [1.82, 2.24) is 0 Å². The summed E-state index contributed by atoms with van der Waals surface area (Å²) in [7, 11) is 0. The van der Waals surface area contributed by atoms with E-state index in [4.69, 9.17) is 18.9 Å². The van der Waals surface area contributed by atoms with E-state index in [-0.39, 0.29) is 18.3 Å². The van der Waals surface area contributed by atoms with Gasteiger partial charge in [0.25, 0.3) is 0 Å². The van der Waals surface area contributed by atoms with E-state index in [1.165, 1.54) is 5.39 Å². The molecule has 4 heteroatoms. The van der Waals surface area contributed by atoms with Gasteiger partial charge in [0.2, 0.25) is 6.29 Å². The first kappa shape index (κ1) is 22.6. The van der Waals surface area contributed by atoms with Gasteiger partial charge in [-0.1, -0.05) is 91.0 Å². The molecule has 4 atom stereocenters. The minimum absolute atomic E-state index is 0.155. The molecule has 1 aliphatic rings. The Morgan fingerprint density at radius 2 is 1.32 bits per heavy atom. The molecule has 0 radical (unpaired) electrons. The molecule has 0 amide bonds. The highest BCUT2D eigenvalue weighted by atomic mass is 16.7. The van der Waals surface area contributed by atoms with E-state index in [2.05, 4.69) is 48.5 Å². The zero-order valence-corrected chi connectivity index (χ0v) is 19.4. The maximum absolute atomic E-state index is 6.39. The highest BCUT2D eigenvalue weighted by molar-refractivity contribution is 5.83. The molecule has 174 valence electrons. The lowest BCUT2D eigenvalue weighted by molar-refractivity contribution is -0.243. The Labute approximate surface area is 201 Å². The Bertz CT molecular complexity index is 1180. The molecule has 4 nitrogen and oxygen atoms in total. The summed E-state index contributed by atoms with van der Waals surface area (Å²) in [6, 6.07) is 34.8. The van der Waals surface area contributed by atoms with Crippen molar-refractivity contribution in [1.29, 1.82) is 0 Å². The van der Waals surface area contributed by atoms with Gasteiger partial charge < -0.3 is 18.9 Å². The number of benzene rings is 4. The zero-order valence-electron chi connectivity index (χ0n) is 19.4. The van der Waals surface area contributed by atoms with Crippen molar-refractivity contribution in [2.45, 2.75) is 51.2 Å². The third-order valence-electron chi connectivity index (χ3n) is 6.20. The van der Waals surface area contributed by atoms with Gasteiger partial charge in [0.1, 0.15) is 11.9 Å². The second-order valence-electron chi connectivity index (χ2n) is 8.73. The largest absolute Gasteiger partial charge is 0.465 e. The summed E-state index contributed by atoms with van der Waals surface area (Å²) in [6.45, 7) is 3.07. The molecule has 0 bridgehead atoms. The van der Waals surface area contributed by atoms with Crippen LogP contribution in [0.3, 0.4) is 0 Å². The van der Waals surface area contributed by atoms with E-state index in [1.807, 2.05) is 61.5 Å². The van der Waals surface area contributed by atoms with Crippen LogP contribution in [-0.2, 0) is 27.4 Å². The van der Waals surface area contributed by atoms with E-state index in [0.29, 0.717) is 19.6 Å². The van der Waals surface area contributed by atoms with Crippen LogP contribution in [-0.4, -0.2) is 24.6 Å². The van der Waals surface area contributed by atoms with Gasteiger partial charge in [-0.3, -0.25) is 0 Å². The molecule has 0 unspecified atom stereocenters. The van der Waals surface area contributed by atoms with Crippen LogP contribution in [0, 0.1) is 0 Å². The molecule has 0 N–H and O–H groups in total. The summed E-state index contributed by atoms with van der Waals surface area (Å²) in [4.78, 5) is 0. The maximum atomic E-state index is 6.39. The first-order valence-electron chi connectivity index (χ1n) is 11.9. The van der Waals surface area contributed by atoms with Gasteiger partial charge in [-0.25, -0.2) is 0 Å². The lowest BCUT2D eigenvalue weighted by Crippen LogP contribution is -2.50. The van der Waals surface area contributed by atoms with Crippen LogP contribution in [0.25, 0.3) is 10.8 Å². The lowest BCUT2D eigenvalue weighted by Gasteiger charge is -2.40. The van der Waals surface area contributed by atoms with Gasteiger partial charge in [-0.05, 0) is 41.0 Å². The average Bonchev–Trinajstić information content (AvgIpc) is 2.88. The second-order valence-corrected chi connectivity index (χ2v) is 8.73. The Morgan fingerprint density at radius 1 is 0.706 bits per heavy atom. The highest BCUT2D eigenvalue weighted by Crippen LogP contribution is 2.30. The van der Waals surface area contributed by atoms with Crippen LogP contribution in [0.5, 0.6) is 5.75 Å². The number of rotatable bonds is 8. The molecule has 5 rings (SSSR count). The van der Waals surface area contributed by atoms with Crippen molar-refractivity contribution in [3.8, 4) is 5.75 Å². The second kappa shape index (κ2) is 10.8. The van der Waals surface area contributed by atoms with Gasteiger partial charge in [-0.15, -0.1) is 0 Å². The van der Waals surface area contributed by atoms with Crippen LogP contribution >= 0.6 is 0 Å². The summed E-state index contributed by atoms with van der Waals surface area (Å²) in [6.07, 6.45) is -0.348. The van der Waals surface area contributed by atoms with Gasteiger partial charge in [0, 0.05) is 6.42 Å². The van der Waals surface area contributed by atoms with E-state index < -0.39 is 6.29 Å². The molecule has 1 fully saturated rings. The Balaban J connectivity index is 1.29. The van der Waals surface area contributed by atoms with Crippen LogP contribution in [0.15, 0.2) is 103 Å². The van der Waals surface area contributed by atoms with Crippen molar-refractivity contribution >= 4 is 10.8 Å².